The van der Waals surface area contributed by atoms with Gasteiger partial charge in [0.25, 0.3) is 0 Å². The Morgan fingerprint density at radius 1 is 0.957 bits per heavy atom. The molecule has 1 aliphatic heterocycles. The Kier molecular flexibility index (Phi) is 3.87. The lowest BCUT2D eigenvalue weighted by atomic mass is 10.1. The second kappa shape index (κ2) is 6.02. The Bertz CT molecular complexity index is 895. The van der Waals surface area contributed by atoms with E-state index in [1.165, 1.54) is 5.39 Å². The fraction of sp³-hybridized carbons (Fsp3) is 0.105. The van der Waals surface area contributed by atoms with Gasteiger partial charge in [-0.1, -0.05) is 64.5 Å². The first-order valence-electron chi connectivity index (χ1n) is 7.41. The number of fused-ring (bicyclic) bond motifs is 1. The summed E-state index contributed by atoms with van der Waals surface area (Å²) in [6.07, 6.45) is 0. The van der Waals surface area contributed by atoms with Gasteiger partial charge in [0.15, 0.2) is 0 Å². The van der Waals surface area contributed by atoms with Crippen LogP contribution in [0.25, 0.3) is 10.8 Å². The molecule has 1 aliphatic rings. The molecule has 0 aliphatic carbocycles. The van der Waals surface area contributed by atoms with Gasteiger partial charge in [-0.25, -0.2) is 0 Å². The summed E-state index contributed by atoms with van der Waals surface area (Å²) >= 11 is 5.29. The van der Waals surface area contributed by atoms with Crippen molar-refractivity contribution in [3.63, 3.8) is 0 Å². The lowest BCUT2D eigenvalue weighted by Gasteiger charge is -2.25. The number of anilines is 1. The molecule has 1 saturated heterocycles. The zero-order valence-corrected chi connectivity index (χ0v) is 14.7. The molecule has 0 aromatic heterocycles. The molecule has 0 N–H and O–H groups in total. The fourth-order valence-corrected chi connectivity index (χ4v) is 4.80. The average Bonchev–Trinajstić information content (AvgIpc) is 2.96. The van der Waals surface area contributed by atoms with E-state index in [4.69, 9.17) is 0 Å². The van der Waals surface area contributed by atoms with Gasteiger partial charge in [0.05, 0.1) is 5.75 Å². The van der Waals surface area contributed by atoms with Crippen LogP contribution in [-0.2, 0) is 4.79 Å². The van der Waals surface area contributed by atoms with Crippen LogP contribution in [0, 0.1) is 0 Å². The Morgan fingerprint density at radius 2 is 1.70 bits per heavy atom. The minimum Gasteiger partial charge on any atom is -0.295 e. The normalized spacial score (nSPS) is 17.9. The molecular formula is C19H14BrNOS. The highest BCUT2D eigenvalue weighted by Crippen LogP contribution is 2.44. The highest BCUT2D eigenvalue weighted by atomic mass is 79.9. The summed E-state index contributed by atoms with van der Waals surface area (Å²) in [5, 5.41) is 2.35. The number of nitrogens with zero attached hydrogens (tertiary/aromatic N) is 1. The maximum atomic E-state index is 12.5. The summed E-state index contributed by atoms with van der Waals surface area (Å²) in [7, 11) is 0. The van der Waals surface area contributed by atoms with Crippen LogP contribution in [0.5, 0.6) is 0 Å². The molecule has 3 aromatic rings. The zero-order valence-electron chi connectivity index (χ0n) is 12.3. The Balaban J connectivity index is 1.80. The van der Waals surface area contributed by atoms with Crippen molar-refractivity contribution in [3.8, 4) is 0 Å². The Hall–Kier alpha value is -1.78. The second-order valence-electron chi connectivity index (χ2n) is 5.48. The van der Waals surface area contributed by atoms with E-state index in [0.717, 1.165) is 21.1 Å². The summed E-state index contributed by atoms with van der Waals surface area (Å²) < 4.78 is 1.04. The smallest absolute Gasteiger partial charge is 0.238 e. The van der Waals surface area contributed by atoms with Gasteiger partial charge in [-0.15, -0.1) is 11.8 Å². The fourth-order valence-electron chi connectivity index (χ4n) is 2.94. The van der Waals surface area contributed by atoms with E-state index in [-0.39, 0.29) is 11.3 Å². The summed E-state index contributed by atoms with van der Waals surface area (Å²) in [4.78, 5) is 14.4. The van der Waals surface area contributed by atoms with Gasteiger partial charge in [-0.2, -0.15) is 0 Å². The molecule has 1 amide bonds. The second-order valence-corrected chi connectivity index (χ2v) is 7.40. The molecule has 23 heavy (non-hydrogen) atoms. The number of hydrogen-bond donors (Lipinski definition) is 0. The van der Waals surface area contributed by atoms with Crippen LogP contribution in [0.4, 0.5) is 5.69 Å². The van der Waals surface area contributed by atoms with Crippen LogP contribution in [0.3, 0.4) is 0 Å². The number of amides is 1. The van der Waals surface area contributed by atoms with Crippen molar-refractivity contribution in [1.82, 2.24) is 0 Å². The minimum absolute atomic E-state index is 0.0132. The molecule has 0 bridgehead atoms. The van der Waals surface area contributed by atoms with Gasteiger partial charge >= 0.3 is 0 Å². The van der Waals surface area contributed by atoms with E-state index >= 15 is 0 Å². The standard InChI is InChI=1S/C19H14BrNOS/c20-17-8-4-3-7-16(17)19-21(18(22)12-23-19)15-10-9-13-5-1-2-6-14(13)11-15/h1-11,19H,12H2/t19-/m1/s1. The molecular weight excluding hydrogens is 370 g/mol. The van der Waals surface area contributed by atoms with Crippen molar-refractivity contribution in [2.24, 2.45) is 0 Å². The molecule has 1 heterocycles. The SMILES string of the molecule is O=C1CS[C@H](c2ccccc2Br)N1c1ccc2ccccc2c1. The topological polar surface area (TPSA) is 20.3 Å². The highest BCUT2D eigenvalue weighted by Gasteiger charge is 2.34. The molecule has 0 spiro atoms. The number of carbonyl (C=O) groups excluding carboxylic acids is 1. The molecule has 4 rings (SSSR count). The monoisotopic (exact) mass is 383 g/mol. The van der Waals surface area contributed by atoms with E-state index < -0.39 is 0 Å². The Morgan fingerprint density at radius 3 is 2.52 bits per heavy atom. The van der Waals surface area contributed by atoms with Crippen LogP contribution in [0.1, 0.15) is 10.9 Å². The molecule has 4 heteroatoms. The van der Waals surface area contributed by atoms with Crippen molar-refractivity contribution < 1.29 is 4.79 Å². The van der Waals surface area contributed by atoms with Crippen molar-refractivity contribution in [1.29, 1.82) is 0 Å². The quantitative estimate of drug-likeness (QED) is 0.591. The lowest BCUT2D eigenvalue weighted by Crippen LogP contribution is -2.27. The van der Waals surface area contributed by atoms with E-state index in [0.29, 0.717) is 5.75 Å². The molecule has 2 nitrogen and oxygen atoms in total. The van der Waals surface area contributed by atoms with Crippen LogP contribution < -0.4 is 4.90 Å². The zero-order chi connectivity index (χ0) is 15.8. The predicted molar refractivity (Wildman–Crippen MR) is 101 cm³/mol. The van der Waals surface area contributed by atoms with Gasteiger partial charge < -0.3 is 0 Å². The maximum Gasteiger partial charge on any atom is 0.238 e. The number of benzene rings is 3. The number of halogens is 1. The summed E-state index contributed by atoms with van der Waals surface area (Å²) in [6, 6.07) is 22.6. The van der Waals surface area contributed by atoms with Crippen LogP contribution >= 0.6 is 27.7 Å². The highest BCUT2D eigenvalue weighted by molar-refractivity contribution is 9.10. The average molecular weight is 384 g/mol. The van der Waals surface area contributed by atoms with E-state index in [1.807, 2.05) is 41.3 Å². The van der Waals surface area contributed by atoms with E-state index in [9.17, 15) is 4.79 Å². The number of hydrogen-bond acceptors (Lipinski definition) is 2. The van der Waals surface area contributed by atoms with E-state index in [1.54, 1.807) is 11.8 Å². The molecule has 0 unspecified atom stereocenters. The first-order valence-corrected chi connectivity index (χ1v) is 9.25. The lowest BCUT2D eigenvalue weighted by molar-refractivity contribution is -0.115. The largest absolute Gasteiger partial charge is 0.295 e. The number of rotatable bonds is 2. The predicted octanol–water partition coefficient (Wildman–Crippen LogP) is 5.38. The van der Waals surface area contributed by atoms with Gasteiger partial charge in [-0.3, -0.25) is 9.69 Å². The molecule has 0 radical (unpaired) electrons. The van der Waals surface area contributed by atoms with Crippen molar-refractivity contribution >= 4 is 50.1 Å². The van der Waals surface area contributed by atoms with Crippen molar-refractivity contribution in [2.75, 3.05) is 10.7 Å². The van der Waals surface area contributed by atoms with Gasteiger partial charge in [0, 0.05) is 10.2 Å². The molecule has 1 atom stereocenters. The van der Waals surface area contributed by atoms with E-state index in [2.05, 4.69) is 46.3 Å². The number of thioether (sulfide) groups is 1. The molecule has 3 aromatic carbocycles. The van der Waals surface area contributed by atoms with Gasteiger partial charge in [0.2, 0.25) is 5.91 Å². The summed E-state index contributed by atoms with van der Waals surface area (Å²) in [6.45, 7) is 0. The molecule has 114 valence electrons. The Labute approximate surface area is 147 Å². The third-order valence-electron chi connectivity index (χ3n) is 4.05. The van der Waals surface area contributed by atoms with Crippen LogP contribution in [0.15, 0.2) is 71.2 Å². The van der Waals surface area contributed by atoms with Gasteiger partial charge in [-0.05, 0) is 34.5 Å². The summed E-state index contributed by atoms with van der Waals surface area (Å²) in [5.74, 6) is 0.671. The first-order chi connectivity index (χ1) is 11.2. The molecule has 0 saturated carbocycles. The van der Waals surface area contributed by atoms with Gasteiger partial charge in [0.1, 0.15) is 5.37 Å². The van der Waals surface area contributed by atoms with Crippen molar-refractivity contribution in [2.45, 2.75) is 5.37 Å². The van der Waals surface area contributed by atoms with Crippen LogP contribution in [-0.4, -0.2) is 11.7 Å². The first kappa shape index (κ1) is 14.8. The minimum atomic E-state index is 0.0132. The number of carbonyl (C=O) groups is 1. The molecule has 1 fully saturated rings. The van der Waals surface area contributed by atoms with Crippen molar-refractivity contribution in [3.05, 3.63) is 76.8 Å². The third-order valence-corrected chi connectivity index (χ3v) is 5.97. The maximum absolute atomic E-state index is 12.5. The summed E-state index contributed by atoms with van der Waals surface area (Å²) in [5.41, 5.74) is 2.09. The van der Waals surface area contributed by atoms with Crippen LogP contribution in [0.2, 0.25) is 0 Å². The third kappa shape index (κ3) is 2.66.